The Morgan fingerprint density at radius 3 is 2.70 bits per heavy atom. The zero-order valence-electron chi connectivity index (χ0n) is 10.9. The van der Waals surface area contributed by atoms with Crippen molar-refractivity contribution in [2.24, 2.45) is 0 Å². The van der Waals surface area contributed by atoms with Crippen LogP contribution in [0.2, 0.25) is 15.2 Å². The minimum atomic E-state index is -0.368. The highest BCUT2D eigenvalue weighted by Crippen LogP contribution is 2.40. The molecule has 1 amide bonds. The maximum Gasteiger partial charge on any atom is 0.259 e. The highest BCUT2D eigenvalue weighted by molar-refractivity contribution is 9.10. The fraction of sp³-hybridized carbons (Fsp3) is 0. The summed E-state index contributed by atoms with van der Waals surface area (Å²) in [5.74, 6) is -0.368. The molecule has 118 valence electrons. The Kier molecular flexibility index (Phi) is 5.25. The third-order valence-corrected chi connectivity index (χ3v) is 6.61. The average Bonchev–Trinajstić information content (AvgIpc) is 3.07. The van der Waals surface area contributed by atoms with Gasteiger partial charge >= 0.3 is 0 Å². The molecule has 0 aliphatic carbocycles. The molecule has 3 aromatic rings. The second-order valence-corrected chi connectivity index (χ2v) is 8.08. The number of rotatable bonds is 3. The maximum absolute atomic E-state index is 12.2. The summed E-state index contributed by atoms with van der Waals surface area (Å²) >= 11 is 23.8. The van der Waals surface area contributed by atoms with Crippen LogP contribution in [0.3, 0.4) is 0 Å². The smallest absolute Gasteiger partial charge is 0.259 e. The normalized spacial score (nSPS) is 10.8. The Hall–Kier alpha value is -0.700. The second kappa shape index (κ2) is 7.04. The molecule has 0 saturated heterocycles. The van der Waals surface area contributed by atoms with Gasteiger partial charge in [-0.3, -0.25) is 10.1 Å². The molecule has 3 heterocycles. The minimum absolute atomic E-state index is 0.150. The van der Waals surface area contributed by atoms with Crippen LogP contribution in [0.5, 0.6) is 0 Å². The van der Waals surface area contributed by atoms with E-state index in [2.05, 4.69) is 31.2 Å². The topological polar surface area (TPSA) is 54.9 Å². The summed E-state index contributed by atoms with van der Waals surface area (Å²) in [6.07, 6.45) is 1.35. The van der Waals surface area contributed by atoms with E-state index in [1.807, 2.05) is 11.4 Å². The third kappa shape index (κ3) is 3.87. The lowest BCUT2D eigenvalue weighted by Gasteiger charge is -2.02. The number of pyridine rings is 1. The van der Waals surface area contributed by atoms with Crippen LogP contribution in [0.15, 0.2) is 28.3 Å². The van der Waals surface area contributed by atoms with E-state index in [1.165, 1.54) is 34.9 Å². The van der Waals surface area contributed by atoms with Gasteiger partial charge in [0, 0.05) is 16.5 Å². The number of anilines is 1. The molecule has 0 aromatic carbocycles. The zero-order chi connectivity index (χ0) is 16.6. The van der Waals surface area contributed by atoms with Gasteiger partial charge < -0.3 is 0 Å². The summed E-state index contributed by atoms with van der Waals surface area (Å²) in [7, 11) is 0. The van der Waals surface area contributed by atoms with Crippen molar-refractivity contribution in [1.29, 1.82) is 0 Å². The van der Waals surface area contributed by atoms with E-state index in [4.69, 9.17) is 34.8 Å². The van der Waals surface area contributed by atoms with Crippen LogP contribution in [0, 0.1) is 0 Å². The first kappa shape index (κ1) is 17.1. The fourth-order valence-corrected chi connectivity index (χ4v) is 4.85. The number of carbonyl (C=O) groups excluding carboxylic acids is 1. The van der Waals surface area contributed by atoms with Gasteiger partial charge in [-0.05, 0) is 28.1 Å². The summed E-state index contributed by atoms with van der Waals surface area (Å²) in [5.41, 5.74) is 0.298. The van der Waals surface area contributed by atoms with E-state index in [0.717, 1.165) is 9.75 Å². The molecule has 0 fully saturated rings. The Morgan fingerprint density at radius 2 is 2.04 bits per heavy atom. The molecular formula is C13H5BrCl3N3OS2. The predicted molar refractivity (Wildman–Crippen MR) is 100 cm³/mol. The maximum atomic E-state index is 12.2. The van der Waals surface area contributed by atoms with Gasteiger partial charge in [0.1, 0.15) is 9.76 Å². The minimum Gasteiger partial charge on any atom is -0.298 e. The monoisotopic (exact) mass is 467 g/mol. The number of aromatic nitrogens is 2. The summed E-state index contributed by atoms with van der Waals surface area (Å²) < 4.78 is 0.642. The number of halogens is 4. The number of thiazole rings is 1. The van der Waals surface area contributed by atoms with Gasteiger partial charge in [0.05, 0.1) is 20.5 Å². The first-order valence-electron chi connectivity index (χ1n) is 5.97. The van der Waals surface area contributed by atoms with E-state index in [1.54, 1.807) is 0 Å². The average molecular weight is 470 g/mol. The summed E-state index contributed by atoms with van der Waals surface area (Å²) in [4.78, 5) is 22.2. The molecule has 1 N–H and O–H groups in total. The Labute approximate surface area is 162 Å². The van der Waals surface area contributed by atoms with Crippen LogP contribution in [0.1, 0.15) is 10.4 Å². The van der Waals surface area contributed by atoms with Crippen molar-refractivity contribution in [2.45, 2.75) is 0 Å². The zero-order valence-corrected chi connectivity index (χ0v) is 16.4. The Morgan fingerprint density at radius 1 is 1.26 bits per heavy atom. The first-order valence-corrected chi connectivity index (χ1v) is 9.59. The molecule has 3 rings (SSSR count). The lowest BCUT2D eigenvalue weighted by molar-refractivity contribution is 0.102. The van der Waals surface area contributed by atoms with E-state index >= 15 is 0 Å². The molecule has 3 aromatic heterocycles. The van der Waals surface area contributed by atoms with Gasteiger partial charge in [0.25, 0.3) is 5.91 Å². The number of nitrogens with zero attached hydrogens (tertiary/aromatic N) is 2. The quantitative estimate of drug-likeness (QED) is 0.462. The van der Waals surface area contributed by atoms with Crippen molar-refractivity contribution in [3.63, 3.8) is 0 Å². The molecule has 0 unspecified atom stereocenters. The standard InChI is InChI=1S/C13H5BrCl3N3OS2/c14-10-9(8-2-6(15)4-22-8)23-13(19-10)20-12(21)5-1-7(16)11(17)18-3-5/h1-4H,(H,19,20,21). The van der Waals surface area contributed by atoms with Crippen LogP contribution in [-0.4, -0.2) is 15.9 Å². The van der Waals surface area contributed by atoms with Crippen LogP contribution in [0.25, 0.3) is 9.75 Å². The van der Waals surface area contributed by atoms with Crippen molar-refractivity contribution in [3.05, 3.63) is 49.1 Å². The van der Waals surface area contributed by atoms with Crippen molar-refractivity contribution < 1.29 is 4.79 Å². The van der Waals surface area contributed by atoms with Crippen LogP contribution < -0.4 is 5.32 Å². The number of carbonyl (C=O) groups is 1. The SMILES string of the molecule is O=C(Nc1nc(Br)c(-c2cc(Cl)cs2)s1)c1cnc(Cl)c(Cl)c1. The van der Waals surface area contributed by atoms with Gasteiger partial charge in [0.15, 0.2) is 5.13 Å². The van der Waals surface area contributed by atoms with Crippen molar-refractivity contribution in [1.82, 2.24) is 9.97 Å². The third-order valence-electron chi connectivity index (χ3n) is 2.66. The molecule has 23 heavy (non-hydrogen) atoms. The highest BCUT2D eigenvalue weighted by Gasteiger charge is 2.16. The van der Waals surface area contributed by atoms with Crippen molar-refractivity contribution >= 4 is 84.4 Å². The molecule has 0 bridgehead atoms. The molecule has 0 saturated carbocycles. The van der Waals surface area contributed by atoms with Crippen LogP contribution >= 0.6 is 73.4 Å². The number of nitrogens with one attached hydrogen (secondary N) is 1. The van der Waals surface area contributed by atoms with E-state index < -0.39 is 0 Å². The van der Waals surface area contributed by atoms with Gasteiger partial charge in [-0.2, -0.15) is 0 Å². The van der Waals surface area contributed by atoms with E-state index in [0.29, 0.717) is 20.3 Å². The largest absolute Gasteiger partial charge is 0.298 e. The predicted octanol–water partition coefficient (Wildman–Crippen LogP) is 6.24. The molecule has 0 radical (unpaired) electrons. The molecule has 0 atom stereocenters. The number of amides is 1. The summed E-state index contributed by atoms with van der Waals surface area (Å²) in [6, 6.07) is 3.30. The molecule has 4 nitrogen and oxygen atoms in total. The number of hydrogen-bond donors (Lipinski definition) is 1. The lowest BCUT2D eigenvalue weighted by atomic mass is 10.3. The molecule has 0 spiro atoms. The Bertz CT molecular complexity index is 896. The summed E-state index contributed by atoms with van der Waals surface area (Å²) in [6.45, 7) is 0. The molecule has 10 heteroatoms. The summed E-state index contributed by atoms with van der Waals surface area (Å²) in [5, 5.41) is 6.03. The van der Waals surface area contributed by atoms with Crippen molar-refractivity contribution in [3.8, 4) is 9.75 Å². The van der Waals surface area contributed by atoms with Crippen LogP contribution in [0.4, 0.5) is 5.13 Å². The van der Waals surface area contributed by atoms with Gasteiger partial charge in [-0.15, -0.1) is 11.3 Å². The van der Waals surface area contributed by atoms with Crippen molar-refractivity contribution in [2.75, 3.05) is 5.32 Å². The van der Waals surface area contributed by atoms with Gasteiger partial charge in [-0.1, -0.05) is 46.1 Å². The van der Waals surface area contributed by atoms with Gasteiger partial charge in [0.2, 0.25) is 0 Å². The molecular weight excluding hydrogens is 465 g/mol. The molecule has 0 aliphatic heterocycles. The van der Waals surface area contributed by atoms with Crippen LogP contribution in [-0.2, 0) is 0 Å². The number of hydrogen-bond acceptors (Lipinski definition) is 5. The number of thiophene rings is 1. The Balaban J connectivity index is 1.83. The highest BCUT2D eigenvalue weighted by atomic mass is 79.9. The molecule has 0 aliphatic rings. The second-order valence-electron chi connectivity index (χ2n) is 4.22. The van der Waals surface area contributed by atoms with Gasteiger partial charge in [-0.25, -0.2) is 9.97 Å². The van der Waals surface area contributed by atoms with E-state index in [9.17, 15) is 4.79 Å². The fourth-order valence-electron chi connectivity index (χ4n) is 1.65. The lowest BCUT2D eigenvalue weighted by Crippen LogP contribution is -2.12. The van der Waals surface area contributed by atoms with E-state index in [-0.39, 0.29) is 16.1 Å². The first-order chi connectivity index (χ1) is 10.9.